The Balaban J connectivity index is 1.56. The van der Waals surface area contributed by atoms with E-state index in [9.17, 15) is 22.4 Å². The molecule has 1 aliphatic carbocycles. The third kappa shape index (κ3) is 7.97. The Labute approximate surface area is 264 Å². The van der Waals surface area contributed by atoms with E-state index in [4.69, 9.17) is 0 Å². The van der Waals surface area contributed by atoms with Crippen LogP contribution in [0.15, 0.2) is 114 Å². The first-order valence-electron chi connectivity index (χ1n) is 15.2. The summed E-state index contributed by atoms with van der Waals surface area (Å²) in [6.45, 7) is 1.50. The van der Waals surface area contributed by atoms with Crippen LogP contribution in [0.3, 0.4) is 0 Å². The first kappa shape index (κ1) is 31.9. The van der Waals surface area contributed by atoms with E-state index < -0.39 is 34.3 Å². The molecule has 1 fully saturated rings. The van der Waals surface area contributed by atoms with Gasteiger partial charge in [-0.1, -0.05) is 85.6 Å². The van der Waals surface area contributed by atoms with Crippen LogP contribution < -0.4 is 9.62 Å². The zero-order valence-electron chi connectivity index (χ0n) is 25.3. The molecule has 1 aliphatic rings. The second kappa shape index (κ2) is 14.5. The van der Waals surface area contributed by atoms with Crippen LogP contribution in [-0.2, 0) is 32.6 Å². The molecule has 2 amide bonds. The number of nitrogens with one attached hydrogen (secondary N) is 1. The number of amides is 2. The summed E-state index contributed by atoms with van der Waals surface area (Å²) in [5.74, 6) is -1.37. The van der Waals surface area contributed by atoms with E-state index in [0.717, 1.165) is 58.8 Å². The molecule has 45 heavy (non-hydrogen) atoms. The highest BCUT2D eigenvalue weighted by atomic mass is 32.2. The number of rotatable bonds is 12. The number of sulfonamides is 1. The van der Waals surface area contributed by atoms with Gasteiger partial charge in [-0.3, -0.25) is 13.9 Å². The Bertz CT molecular complexity index is 1690. The van der Waals surface area contributed by atoms with Crippen molar-refractivity contribution < 1.29 is 22.4 Å². The van der Waals surface area contributed by atoms with Gasteiger partial charge in [0.15, 0.2) is 0 Å². The number of hydrogen-bond acceptors (Lipinski definition) is 4. The lowest BCUT2D eigenvalue weighted by molar-refractivity contribution is -0.140. The normalized spacial score (nSPS) is 14.1. The van der Waals surface area contributed by atoms with Gasteiger partial charge in [-0.25, -0.2) is 12.8 Å². The first-order valence-corrected chi connectivity index (χ1v) is 16.7. The summed E-state index contributed by atoms with van der Waals surface area (Å²) in [4.78, 5) is 29.9. The van der Waals surface area contributed by atoms with Crippen molar-refractivity contribution >= 4 is 27.5 Å². The molecule has 9 heteroatoms. The van der Waals surface area contributed by atoms with Crippen molar-refractivity contribution in [1.29, 1.82) is 0 Å². The fourth-order valence-corrected chi connectivity index (χ4v) is 7.16. The van der Waals surface area contributed by atoms with Crippen LogP contribution in [0.4, 0.5) is 10.1 Å². The fraction of sp³-hybridized carbons (Fsp3) is 0.278. The average Bonchev–Trinajstić information content (AvgIpc) is 3.56. The summed E-state index contributed by atoms with van der Waals surface area (Å²) in [5.41, 5.74) is 2.96. The molecule has 0 aliphatic heterocycles. The van der Waals surface area contributed by atoms with Gasteiger partial charge in [0.1, 0.15) is 18.4 Å². The van der Waals surface area contributed by atoms with Gasteiger partial charge in [0, 0.05) is 19.0 Å². The van der Waals surface area contributed by atoms with E-state index >= 15 is 0 Å². The minimum Gasteiger partial charge on any atom is -0.352 e. The van der Waals surface area contributed by atoms with Crippen LogP contribution in [0.1, 0.15) is 42.4 Å². The van der Waals surface area contributed by atoms with Crippen LogP contribution in [0, 0.1) is 12.7 Å². The minimum absolute atomic E-state index is 0.0332. The molecule has 5 rings (SSSR count). The summed E-state index contributed by atoms with van der Waals surface area (Å²) in [7, 11) is -4.29. The predicted octanol–water partition coefficient (Wildman–Crippen LogP) is 6.03. The Hall–Kier alpha value is -4.50. The monoisotopic (exact) mass is 627 g/mol. The highest BCUT2D eigenvalue weighted by Crippen LogP contribution is 2.26. The highest BCUT2D eigenvalue weighted by molar-refractivity contribution is 7.92. The van der Waals surface area contributed by atoms with Crippen molar-refractivity contribution in [2.75, 3.05) is 10.8 Å². The number of carbonyl (C=O) groups excluding carboxylic acids is 2. The van der Waals surface area contributed by atoms with Crippen LogP contribution >= 0.6 is 0 Å². The maximum Gasteiger partial charge on any atom is 0.264 e. The lowest BCUT2D eigenvalue weighted by Gasteiger charge is -2.34. The van der Waals surface area contributed by atoms with Gasteiger partial charge in [0.05, 0.1) is 10.6 Å². The molecule has 7 nitrogen and oxygen atoms in total. The molecule has 0 bridgehead atoms. The van der Waals surface area contributed by atoms with E-state index in [2.05, 4.69) is 5.32 Å². The molecule has 0 aromatic heterocycles. The molecule has 1 N–H and O–H groups in total. The summed E-state index contributed by atoms with van der Waals surface area (Å²) in [5, 5.41) is 3.18. The SMILES string of the molecule is Cc1ccccc1CN(C(=O)CN(c1ccccc1)S(=O)(=O)c1ccc(F)cc1)[C@@H](Cc1ccccc1)C(=O)NC1CCCC1. The predicted molar refractivity (Wildman–Crippen MR) is 173 cm³/mol. The summed E-state index contributed by atoms with van der Waals surface area (Å²) < 4.78 is 42.8. The van der Waals surface area contributed by atoms with Crippen LogP contribution in [-0.4, -0.2) is 43.8 Å². The summed E-state index contributed by atoms with van der Waals surface area (Å²) in [6, 6.07) is 29.1. The molecule has 0 saturated heterocycles. The molecule has 0 heterocycles. The summed E-state index contributed by atoms with van der Waals surface area (Å²) >= 11 is 0. The molecule has 0 radical (unpaired) electrons. The van der Waals surface area contributed by atoms with E-state index in [1.807, 2.05) is 61.5 Å². The third-order valence-corrected chi connectivity index (χ3v) is 10.1. The van der Waals surface area contributed by atoms with Crippen molar-refractivity contribution in [2.24, 2.45) is 0 Å². The first-order chi connectivity index (χ1) is 21.7. The number of hydrogen-bond donors (Lipinski definition) is 1. The molecule has 4 aromatic rings. The second-order valence-corrected chi connectivity index (χ2v) is 13.3. The third-order valence-electron chi connectivity index (χ3n) is 8.30. The number of nitrogens with zero attached hydrogens (tertiary/aromatic N) is 2. The van der Waals surface area contributed by atoms with Crippen molar-refractivity contribution in [1.82, 2.24) is 10.2 Å². The second-order valence-electron chi connectivity index (χ2n) is 11.4. The molecular formula is C36H38FN3O4S. The van der Waals surface area contributed by atoms with Crippen LogP contribution in [0.25, 0.3) is 0 Å². The average molecular weight is 628 g/mol. The van der Waals surface area contributed by atoms with Crippen molar-refractivity contribution in [3.63, 3.8) is 0 Å². The Morgan fingerprint density at radius 3 is 2.09 bits per heavy atom. The van der Waals surface area contributed by atoms with Crippen LogP contribution in [0.5, 0.6) is 0 Å². The quantitative estimate of drug-likeness (QED) is 0.208. The summed E-state index contributed by atoms with van der Waals surface area (Å²) in [6.07, 6.45) is 4.09. The van der Waals surface area contributed by atoms with Gasteiger partial charge >= 0.3 is 0 Å². The zero-order chi connectivity index (χ0) is 31.8. The van der Waals surface area contributed by atoms with Crippen LogP contribution in [0.2, 0.25) is 0 Å². The standard InChI is InChI=1S/C36H38FN3O4S/c1-27-12-8-9-15-29(27)25-39(34(24-28-13-4-2-5-14-28)36(42)38-31-16-10-11-17-31)35(41)26-40(32-18-6-3-7-19-32)45(43,44)33-22-20-30(37)21-23-33/h2-9,12-15,18-23,31,34H,10-11,16-17,24-26H2,1H3,(H,38,42)/t34-/m0/s1. The number of benzene rings is 4. The van der Waals surface area contributed by atoms with Crippen molar-refractivity contribution in [3.8, 4) is 0 Å². The lowest BCUT2D eigenvalue weighted by atomic mass is 10.0. The number of anilines is 1. The highest BCUT2D eigenvalue weighted by Gasteiger charge is 2.35. The largest absolute Gasteiger partial charge is 0.352 e. The van der Waals surface area contributed by atoms with Gasteiger partial charge in [-0.2, -0.15) is 0 Å². The lowest BCUT2D eigenvalue weighted by Crippen LogP contribution is -2.54. The number of para-hydroxylation sites is 1. The number of carbonyl (C=O) groups is 2. The van der Waals surface area contributed by atoms with Gasteiger partial charge in [0.25, 0.3) is 10.0 Å². The molecule has 1 atom stereocenters. The Kier molecular flexibility index (Phi) is 10.3. The minimum atomic E-state index is -4.29. The van der Waals surface area contributed by atoms with E-state index in [0.29, 0.717) is 0 Å². The molecule has 4 aromatic carbocycles. The Morgan fingerprint density at radius 1 is 0.844 bits per heavy atom. The maximum atomic E-state index is 14.5. The van der Waals surface area contributed by atoms with E-state index in [1.165, 1.54) is 17.0 Å². The molecular weight excluding hydrogens is 589 g/mol. The van der Waals surface area contributed by atoms with E-state index in [1.54, 1.807) is 30.3 Å². The Morgan fingerprint density at radius 2 is 1.44 bits per heavy atom. The topological polar surface area (TPSA) is 86.8 Å². The molecule has 1 saturated carbocycles. The number of halogens is 1. The van der Waals surface area contributed by atoms with Gasteiger partial charge < -0.3 is 10.2 Å². The fourth-order valence-electron chi connectivity index (χ4n) is 5.75. The van der Waals surface area contributed by atoms with Gasteiger partial charge in [-0.05, 0) is 72.9 Å². The zero-order valence-corrected chi connectivity index (χ0v) is 26.1. The molecule has 0 spiro atoms. The van der Waals surface area contributed by atoms with Crippen molar-refractivity contribution in [3.05, 3.63) is 132 Å². The maximum absolute atomic E-state index is 14.5. The molecule has 234 valence electrons. The number of aryl methyl sites for hydroxylation is 1. The van der Waals surface area contributed by atoms with E-state index in [-0.39, 0.29) is 35.5 Å². The van der Waals surface area contributed by atoms with Gasteiger partial charge in [-0.15, -0.1) is 0 Å². The van der Waals surface area contributed by atoms with Gasteiger partial charge in [0.2, 0.25) is 11.8 Å². The molecule has 0 unspecified atom stereocenters. The van der Waals surface area contributed by atoms with Crippen molar-refractivity contribution in [2.45, 2.75) is 62.6 Å². The smallest absolute Gasteiger partial charge is 0.264 e.